The molecule has 5 heteroatoms. The normalized spacial score (nSPS) is 12.2. The van der Waals surface area contributed by atoms with Crippen LogP contribution in [0.15, 0.2) is 59.5 Å². The monoisotopic (exact) mass is 299 g/mol. The van der Waals surface area contributed by atoms with Crippen molar-refractivity contribution in [1.29, 1.82) is 0 Å². The van der Waals surface area contributed by atoms with Crippen LogP contribution >= 0.6 is 0 Å². The number of para-hydroxylation sites is 1. The molecule has 0 radical (unpaired) electrons. The maximum Gasteiger partial charge on any atom is 0.167 e. The van der Waals surface area contributed by atoms with Gasteiger partial charge in [-0.2, -0.15) is 0 Å². The molecule has 0 spiro atoms. The molecule has 2 aromatic carbocycles. The van der Waals surface area contributed by atoms with E-state index in [-0.39, 0.29) is 0 Å². The molecular formula is C16H13NO3S. The smallest absolute Gasteiger partial charge is 0.167 e. The second-order valence-corrected chi connectivity index (χ2v) is 5.78. The van der Waals surface area contributed by atoms with Gasteiger partial charge in [0.1, 0.15) is 11.3 Å². The fourth-order valence-corrected chi connectivity index (χ4v) is 3.54. The average molecular weight is 299 g/mol. The number of aldehydes is 1. The van der Waals surface area contributed by atoms with Crippen molar-refractivity contribution in [3.8, 4) is 5.75 Å². The Bertz CT molecular complexity index is 824. The van der Waals surface area contributed by atoms with Crippen LogP contribution < -0.4 is 4.74 Å². The molecule has 1 heterocycles. The molecule has 0 saturated carbocycles. The minimum absolute atomic E-state index is 0.358. The first-order chi connectivity index (χ1) is 10.3. The molecular weight excluding hydrogens is 286 g/mol. The summed E-state index contributed by atoms with van der Waals surface area (Å²) in [6, 6.07) is 16.2. The van der Waals surface area contributed by atoms with E-state index in [1.807, 2.05) is 30.3 Å². The highest BCUT2D eigenvalue weighted by Gasteiger charge is 2.18. The second kappa shape index (κ2) is 5.54. The Morgan fingerprint density at radius 1 is 1.10 bits per heavy atom. The molecule has 0 aliphatic heterocycles. The van der Waals surface area contributed by atoms with E-state index in [0.717, 1.165) is 5.39 Å². The fraction of sp³-hybridized carbons (Fsp3) is 0.0625. The van der Waals surface area contributed by atoms with Gasteiger partial charge in [0.25, 0.3) is 0 Å². The van der Waals surface area contributed by atoms with Crippen molar-refractivity contribution < 1.29 is 13.7 Å². The van der Waals surface area contributed by atoms with E-state index in [9.17, 15) is 9.00 Å². The third kappa shape index (κ3) is 2.25. The van der Waals surface area contributed by atoms with Crippen LogP contribution in [0.3, 0.4) is 0 Å². The Kier molecular flexibility index (Phi) is 3.58. The summed E-state index contributed by atoms with van der Waals surface area (Å²) in [4.78, 5) is 12.0. The van der Waals surface area contributed by atoms with Gasteiger partial charge in [0.15, 0.2) is 17.3 Å². The summed E-state index contributed by atoms with van der Waals surface area (Å²) in [6.45, 7) is 0. The lowest BCUT2D eigenvalue weighted by Gasteiger charge is -2.10. The van der Waals surface area contributed by atoms with Gasteiger partial charge in [0.2, 0.25) is 0 Å². The lowest BCUT2D eigenvalue weighted by molar-refractivity contribution is 0.111. The summed E-state index contributed by atoms with van der Waals surface area (Å²) in [5.41, 5.74) is 1.01. The Labute approximate surface area is 124 Å². The number of aromatic nitrogens is 1. The molecule has 21 heavy (non-hydrogen) atoms. The van der Waals surface area contributed by atoms with Crippen molar-refractivity contribution in [1.82, 2.24) is 3.97 Å². The van der Waals surface area contributed by atoms with Crippen molar-refractivity contribution in [2.75, 3.05) is 7.11 Å². The third-order valence-corrected chi connectivity index (χ3v) is 4.62. The SMILES string of the molecule is COc1cccc2cc(C=O)n(S(=O)c3ccccc3)c12. The second-order valence-electron chi connectivity index (χ2n) is 4.44. The molecule has 3 rings (SSSR count). The topological polar surface area (TPSA) is 48.3 Å². The average Bonchev–Trinajstić information content (AvgIpc) is 2.93. The Hall–Kier alpha value is -2.40. The molecule has 0 amide bonds. The minimum Gasteiger partial charge on any atom is -0.495 e. The maximum absolute atomic E-state index is 12.8. The molecule has 0 bridgehead atoms. The summed E-state index contributed by atoms with van der Waals surface area (Å²) < 4.78 is 19.7. The zero-order valence-electron chi connectivity index (χ0n) is 11.4. The third-order valence-electron chi connectivity index (χ3n) is 3.22. The van der Waals surface area contributed by atoms with E-state index < -0.39 is 11.0 Å². The Morgan fingerprint density at radius 2 is 1.86 bits per heavy atom. The number of benzene rings is 2. The first kappa shape index (κ1) is 13.6. The zero-order valence-corrected chi connectivity index (χ0v) is 12.2. The number of nitrogens with zero attached hydrogens (tertiary/aromatic N) is 1. The lowest BCUT2D eigenvalue weighted by Crippen LogP contribution is -2.08. The predicted octanol–water partition coefficient (Wildman–Crippen LogP) is 3.03. The van der Waals surface area contributed by atoms with Gasteiger partial charge in [0, 0.05) is 5.39 Å². The van der Waals surface area contributed by atoms with Crippen LogP contribution in [-0.2, 0) is 11.0 Å². The van der Waals surface area contributed by atoms with Crippen molar-refractivity contribution in [3.63, 3.8) is 0 Å². The van der Waals surface area contributed by atoms with E-state index in [4.69, 9.17) is 4.74 Å². The van der Waals surface area contributed by atoms with E-state index in [1.54, 1.807) is 31.4 Å². The van der Waals surface area contributed by atoms with Gasteiger partial charge >= 0.3 is 0 Å². The van der Waals surface area contributed by atoms with E-state index >= 15 is 0 Å². The highest BCUT2D eigenvalue weighted by Crippen LogP contribution is 2.30. The number of carbonyl (C=O) groups excluding carboxylic acids is 1. The van der Waals surface area contributed by atoms with Crippen LogP contribution in [0, 0.1) is 0 Å². The summed E-state index contributed by atoms with van der Waals surface area (Å²) in [6.07, 6.45) is 0.709. The van der Waals surface area contributed by atoms with Gasteiger partial charge in [0.05, 0.1) is 17.7 Å². The first-order valence-electron chi connectivity index (χ1n) is 6.37. The largest absolute Gasteiger partial charge is 0.495 e. The number of hydrogen-bond donors (Lipinski definition) is 0. The number of rotatable bonds is 4. The van der Waals surface area contributed by atoms with Crippen LogP contribution in [0.25, 0.3) is 10.9 Å². The quantitative estimate of drug-likeness (QED) is 0.696. The van der Waals surface area contributed by atoms with Crippen molar-refractivity contribution in [2.24, 2.45) is 0 Å². The van der Waals surface area contributed by atoms with Gasteiger partial charge in [-0.3, -0.25) is 4.79 Å². The molecule has 1 aromatic heterocycles. The predicted molar refractivity (Wildman–Crippen MR) is 82.1 cm³/mol. The number of ether oxygens (including phenoxy) is 1. The molecule has 3 aromatic rings. The lowest BCUT2D eigenvalue weighted by atomic mass is 10.2. The molecule has 0 N–H and O–H groups in total. The van der Waals surface area contributed by atoms with Crippen LogP contribution in [0.4, 0.5) is 0 Å². The van der Waals surface area contributed by atoms with Gasteiger partial charge in [-0.1, -0.05) is 30.3 Å². The molecule has 4 nitrogen and oxygen atoms in total. The molecule has 1 unspecified atom stereocenters. The minimum atomic E-state index is -1.51. The van der Waals surface area contributed by atoms with E-state index in [2.05, 4.69) is 0 Å². The van der Waals surface area contributed by atoms with Crippen LogP contribution in [0.1, 0.15) is 10.5 Å². The summed E-state index contributed by atoms with van der Waals surface area (Å²) in [7, 11) is 0.0456. The highest BCUT2D eigenvalue weighted by molar-refractivity contribution is 7.83. The number of carbonyl (C=O) groups is 1. The summed E-state index contributed by atoms with van der Waals surface area (Å²) in [5.74, 6) is 0.588. The Balaban J connectivity index is 2.30. The molecule has 0 aliphatic carbocycles. The van der Waals surface area contributed by atoms with Crippen LogP contribution in [-0.4, -0.2) is 21.6 Å². The number of fused-ring (bicyclic) bond motifs is 1. The van der Waals surface area contributed by atoms with Crippen molar-refractivity contribution in [3.05, 3.63) is 60.3 Å². The molecule has 1 atom stereocenters. The molecule has 106 valence electrons. The summed E-state index contributed by atoms with van der Waals surface area (Å²) in [5, 5.41) is 0.820. The Morgan fingerprint density at radius 3 is 2.52 bits per heavy atom. The van der Waals surface area contributed by atoms with Crippen LogP contribution in [0.5, 0.6) is 5.75 Å². The van der Waals surface area contributed by atoms with Gasteiger partial charge in [-0.25, -0.2) is 8.18 Å². The zero-order chi connectivity index (χ0) is 14.8. The molecule has 0 fully saturated rings. The van der Waals surface area contributed by atoms with Crippen molar-refractivity contribution in [2.45, 2.75) is 4.90 Å². The number of hydrogen-bond acceptors (Lipinski definition) is 3. The van der Waals surface area contributed by atoms with Gasteiger partial charge in [-0.05, 0) is 24.3 Å². The highest BCUT2D eigenvalue weighted by atomic mass is 32.2. The molecule has 0 saturated heterocycles. The van der Waals surface area contributed by atoms with E-state index in [0.29, 0.717) is 28.1 Å². The standard InChI is InChI=1S/C16H13NO3S/c1-20-15-9-5-6-12-10-13(11-18)17(16(12)15)21(19)14-7-3-2-4-8-14/h2-11H,1H3. The summed E-state index contributed by atoms with van der Waals surface area (Å²) >= 11 is 0. The number of methoxy groups -OCH3 is 1. The first-order valence-corrected chi connectivity index (χ1v) is 7.48. The van der Waals surface area contributed by atoms with Gasteiger partial charge < -0.3 is 4.74 Å². The maximum atomic E-state index is 12.8. The fourth-order valence-electron chi connectivity index (χ4n) is 2.29. The van der Waals surface area contributed by atoms with E-state index in [1.165, 1.54) is 3.97 Å². The molecule has 0 aliphatic rings. The van der Waals surface area contributed by atoms with Gasteiger partial charge in [-0.15, -0.1) is 0 Å². The van der Waals surface area contributed by atoms with Crippen molar-refractivity contribution >= 4 is 28.2 Å². The van der Waals surface area contributed by atoms with Crippen LogP contribution in [0.2, 0.25) is 0 Å².